The lowest BCUT2D eigenvalue weighted by Crippen LogP contribution is -2.36. The molecule has 0 aliphatic carbocycles. The van der Waals surface area contributed by atoms with Gasteiger partial charge < -0.3 is 5.32 Å². The first-order valence-corrected chi connectivity index (χ1v) is 7.56. The van der Waals surface area contributed by atoms with Crippen LogP contribution in [0.25, 0.3) is 0 Å². The predicted molar refractivity (Wildman–Crippen MR) is 83.9 cm³/mol. The molecule has 0 heterocycles. The molecule has 0 aliphatic heterocycles. The molecule has 102 valence electrons. The lowest BCUT2D eigenvalue weighted by molar-refractivity contribution is 0.226. The first-order chi connectivity index (χ1) is 8.30. The molecule has 1 aromatic carbocycles. The van der Waals surface area contributed by atoms with Crippen molar-refractivity contribution in [2.24, 2.45) is 11.3 Å². The van der Waals surface area contributed by atoms with Crippen LogP contribution in [0.5, 0.6) is 0 Å². The van der Waals surface area contributed by atoms with E-state index in [2.05, 4.69) is 80.1 Å². The molecule has 0 amide bonds. The Hall–Kier alpha value is -0.340. The van der Waals surface area contributed by atoms with E-state index in [4.69, 9.17) is 0 Å². The fourth-order valence-electron chi connectivity index (χ4n) is 1.99. The van der Waals surface area contributed by atoms with Gasteiger partial charge in [0.1, 0.15) is 0 Å². The normalized spacial score (nSPS) is 13.9. The maximum absolute atomic E-state index is 3.65. The summed E-state index contributed by atoms with van der Waals surface area (Å²) < 4.78 is 1.23. The van der Waals surface area contributed by atoms with Crippen molar-refractivity contribution in [3.8, 4) is 0 Å². The van der Waals surface area contributed by atoms with E-state index in [-0.39, 0.29) is 0 Å². The molecule has 0 aromatic heterocycles. The molecular formula is C16H26BrN. The Morgan fingerprint density at radius 2 is 1.78 bits per heavy atom. The Labute approximate surface area is 120 Å². The molecule has 1 aromatic rings. The zero-order chi connectivity index (χ0) is 13.8. The second-order valence-corrected chi connectivity index (χ2v) is 7.28. The summed E-state index contributed by atoms with van der Waals surface area (Å²) in [4.78, 5) is 0. The fraction of sp³-hybridized carbons (Fsp3) is 0.625. The van der Waals surface area contributed by atoms with Gasteiger partial charge in [0.15, 0.2) is 0 Å². The van der Waals surface area contributed by atoms with Crippen molar-refractivity contribution in [3.05, 3.63) is 34.3 Å². The first-order valence-electron chi connectivity index (χ1n) is 6.77. The summed E-state index contributed by atoms with van der Waals surface area (Å²) in [7, 11) is 0. The molecule has 0 spiro atoms. The highest BCUT2D eigenvalue weighted by molar-refractivity contribution is 9.10. The van der Waals surface area contributed by atoms with Gasteiger partial charge in [0.05, 0.1) is 0 Å². The number of hydrogen-bond acceptors (Lipinski definition) is 1. The van der Waals surface area contributed by atoms with Crippen LogP contribution in [0.3, 0.4) is 0 Å². The summed E-state index contributed by atoms with van der Waals surface area (Å²) in [6, 6.07) is 9.10. The molecule has 1 atom stereocenters. The van der Waals surface area contributed by atoms with Gasteiger partial charge in [-0.15, -0.1) is 0 Å². The molecule has 1 nitrogen and oxygen atoms in total. The van der Waals surface area contributed by atoms with E-state index in [0.29, 0.717) is 17.4 Å². The second kappa shape index (κ2) is 6.72. The van der Waals surface area contributed by atoms with Crippen LogP contribution < -0.4 is 5.32 Å². The van der Waals surface area contributed by atoms with Gasteiger partial charge in [0.2, 0.25) is 0 Å². The van der Waals surface area contributed by atoms with Gasteiger partial charge in [-0.1, -0.05) is 68.7 Å². The van der Waals surface area contributed by atoms with Gasteiger partial charge in [-0.3, -0.25) is 0 Å². The largest absolute Gasteiger partial charge is 0.314 e. The van der Waals surface area contributed by atoms with Crippen LogP contribution >= 0.6 is 15.9 Å². The molecule has 0 bridgehead atoms. The molecule has 18 heavy (non-hydrogen) atoms. The Morgan fingerprint density at radius 3 is 2.28 bits per heavy atom. The van der Waals surface area contributed by atoms with Crippen LogP contribution in [-0.2, 0) is 6.42 Å². The predicted octanol–water partition coefficient (Wildman–Crippen LogP) is 4.65. The maximum Gasteiger partial charge on any atom is 0.0207 e. The van der Waals surface area contributed by atoms with Gasteiger partial charge in [-0.25, -0.2) is 0 Å². The zero-order valence-electron chi connectivity index (χ0n) is 12.3. The highest BCUT2D eigenvalue weighted by Crippen LogP contribution is 2.30. The Morgan fingerprint density at radius 1 is 1.17 bits per heavy atom. The van der Waals surface area contributed by atoms with Crippen molar-refractivity contribution in [2.45, 2.75) is 47.1 Å². The van der Waals surface area contributed by atoms with E-state index in [0.717, 1.165) is 13.0 Å². The third-order valence-electron chi connectivity index (χ3n) is 3.42. The van der Waals surface area contributed by atoms with Crippen LogP contribution in [0.15, 0.2) is 28.7 Å². The highest BCUT2D eigenvalue weighted by atomic mass is 79.9. The lowest BCUT2D eigenvalue weighted by Gasteiger charge is -2.32. The number of hydrogen-bond donors (Lipinski definition) is 1. The van der Waals surface area contributed by atoms with E-state index in [9.17, 15) is 0 Å². The van der Waals surface area contributed by atoms with E-state index >= 15 is 0 Å². The molecule has 0 aliphatic rings. The van der Waals surface area contributed by atoms with Crippen LogP contribution in [0.1, 0.15) is 40.2 Å². The number of rotatable bonds is 5. The Balaban J connectivity index is 2.76. The van der Waals surface area contributed by atoms with Gasteiger partial charge in [-0.2, -0.15) is 0 Å². The summed E-state index contributed by atoms with van der Waals surface area (Å²) in [5, 5.41) is 3.58. The standard InChI is InChI=1S/C16H26BrN/c1-12(2)18-11-14(16(3,4)5)10-13-8-6-7-9-15(13)17/h6-9,12,14,18H,10-11H2,1-5H3. The average molecular weight is 312 g/mol. The van der Waals surface area contributed by atoms with Crippen LogP contribution in [0, 0.1) is 11.3 Å². The summed E-state index contributed by atoms with van der Waals surface area (Å²) in [5.74, 6) is 0.638. The van der Waals surface area contributed by atoms with Crippen molar-refractivity contribution in [1.29, 1.82) is 0 Å². The number of benzene rings is 1. The molecule has 1 rings (SSSR count). The van der Waals surface area contributed by atoms with Gasteiger partial charge in [-0.05, 0) is 35.9 Å². The molecule has 0 radical (unpaired) electrons. The molecular weight excluding hydrogens is 286 g/mol. The van der Waals surface area contributed by atoms with E-state index in [1.165, 1.54) is 10.0 Å². The Kier molecular flexibility index (Phi) is 5.87. The van der Waals surface area contributed by atoms with Crippen molar-refractivity contribution in [3.63, 3.8) is 0 Å². The van der Waals surface area contributed by atoms with E-state index in [1.807, 2.05) is 0 Å². The van der Waals surface area contributed by atoms with E-state index in [1.54, 1.807) is 0 Å². The SMILES string of the molecule is CC(C)NCC(Cc1ccccc1Br)C(C)(C)C. The van der Waals surface area contributed by atoms with Crippen LogP contribution in [0.4, 0.5) is 0 Å². The maximum atomic E-state index is 3.65. The van der Waals surface area contributed by atoms with Crippen molar-refractivity contribution >= 4 is 15.9 Å². The molecule has 0 saturated carbocycles. The number of halogens is 1. The fourth-order valence-corrected chi connectivity index (χ4v) is 2.44. The lowest BCUT2D eigenvalue weighted by atomic mass is 9.77. The van der Waals surface area contributed by atoms with Crippen molar-refractivity contribution in [2.75, 3.05) is 6.54 Å². The Bertz CT molecular complexity index is 366. The van der Waals surface area contributed by atoms with Crippen molar-refractivity contribution < 1.29 is 0 Å². The number of nitrogens with one attached hydrogen (secondary N) is 1. The quantitative estimate of drug-likeness (QED) is 0.834. The van der Waals surface area contributed by atoms with Gasteiger partial charge in [0.25, 0.3) is 0 Å². The second-order valence-electron chi connectivity index (χ2n) is 6.42. The summed E-state index contributed by atoms with van der Waals surface area (Å²) in [6.07, 6.45) is 1.12. The van der Waals surface area contributed by atoms with Gasteiger partial charge in [0, 0.05) is 10.5 Å². The van der Waals surface area contributed by atoms with Gasteiger partial charge >= 0.3 is 0 Å². The topological polar surface area (TPSA) is 12.0 Å². The zero-order valence-corrected chi connectivity index (χ0v) is 13.8. The monoisotopic (exact) mass is 311 g/mol. The third kappa shape index (κ3) is 5.11. The molecule has 0 fully saturated rings. The minimum Gasteiger partial charge on any atom is -0.314 e. The summed E-state index contributed by atoms with van der Waals surface area (Å²) in [6.45, 7) is 12.5. The van der Waals surface area contributed by atoms with Crippen LogP contribution in [-0.4, -0.2) is 12.6 Å². The van der Waals surface area contributed by atoms with Crippen LogP contribution in [0.2, 0.25) is 0 Å². The summed E-state index contributed by atoms with van der Waals surface area (Å²) >= 11 is 3.65. The molecule has 1 N–H and O–H groups in total. The third-order valence-corrected chi connectivity index (χ3v) is 4.20. The van der Waals surface area contributed by atoms with E-state index < -0.39 is 0 Å². The minimum atomic E-state index is 0.317. The minimum absolute atomic E-state index is 0.317. The van der Waals surface area contributed by atoms with Crippen molar-refractivity contribution in [1.82, 2.24) is 5.32 Å². The molecule has 1 unspecified atom stereocenters. The first kappa shape index (κ1) is 15.7. The molecule has 2 heteroatoms. The highest BCUT2D eigenvalue weighted by Gasteiger charge is 2.25. The molecule has 0 saturated heterocycles. The smallest absolute Gasteiger partial charge is 0.0207 e. The summed E-state index contributed by atoms with van der Waals surface area (Å²) in [5.41, 5.74) is 1.72. The average Bonchev–Trinajstić information content (AvgIpc) is 2.24.